The number of nitrogens with zero attached hydrogens (tertiary/aromatic N) is 1. The van der Waals surface area contributed by atoms with Crippen molar-refractivity contribution < 1.29 is 14.6 Å². The molecule has 1 fully saturated rings. The molecule has 1 aromatic rings. The van der Waals surface area contributed by atoms with Crippen molar-refractivity contribution in [1.82, 2.24) is 4.90 Å². The third-order valence-corrected chi connectivity index (χ3v) is 3.90. The van der Waals surface area contributed by atoms with Gasteiger partial charge in [0.25, 0.3) is 5.91 Å². The molecule has 0 radical (unpaired) electrons. The molecule has 0 aliphatic carbocycles. The maximum absolute atomic E-state index is 12.4. The smallest absolute Gasteiger partial charge is 0.254 e. The molecule has 2 rings (SSSR count). The maximum atomic E-state index is 12.4. The van der Waals surface area contributed by atoms with E-state index in [2.05, 4.69) is 0 Å². The van der Waals surface area contributed by atoms with Crippen molar-refractivity contribution in [2.45, 2.75) is 24.0 Å². The number of ether oxygens (including phenoxy) is 1. The Kier molecular flexibility index (Phi) is 4.85. The number of carbonyl (C=O) groups is 1. The lowest BCUT2D eigenvalue weighted by Gasteiger charge is -2.36. The lowest BCUT2D eigenvalue weighted by molar-refractivity contribution is -0.0858. The molecule has 1 aromatic carbocycles. The molecule has 1 saturated heterocycles. The number of hydrogen-bond donors (Lipinski definition) is 1. The third-order valence-electron chi connectivity index (χ3n) is 3.15. The molecule has 2 atom stereocenters. The van der Waals surface area contributed by atoms with Gasteiger partial charge in [-0.3, -0.25) is 4.79 Å². The van der Waals surface area contributed by atoms with Gasteiger partial charge in [0.2, 0.25) is 0 Å². The van der Waals surface area contributed by atoms with Crippen LogP contribution in [0.1, 0.15) is 17.3 Å². The summed E-state index contributed by atoms with van der Waals surface area (Å²) in [5.41, 5.74) is 0.684. The van der Waals surface area contributed by atoms with E-state index in [0.717, 1.165) is 4.90 Å². The Morgan fingerprint density at radius 3 is 2.68 bits per heavy atom. The average Bonchev–Trinajstić information content (AvgIpc) is 2.46. The van der Waals surface area contributed by atoms with Gasteiger partial charge in [-0.1, -0.05) is 0 Å². The molecule has 0 saturated carbocycles. The second-order valence-corrected chi connectivity index (χ2v) is 5.57. The Hall–Kier alpha value is -1.04. The lowest BCUT2D eigenvalue weighted by Crippen LogP contribution is -2.50. The van der Waals surface area contributed by atoms with Crippen molar-refractivity contribution in [2.24, 2.45) is 0 Å². The van der Waals surface area contributed by atoms with E-state index in [9.17, 15) is 9.90 Å². The highest BCUT2D eigenvalue weighted by atomic mass is 32.2. The van der Waals surface area contributed by atoms with Gasteiger partial charge in [-0.25, -0.2) is 0 Å². The molecule has 0 aromatic heterocycles. The number of carbonyl (C=O) groups excluding carboxylic acids is 1. The second-order valence-electron chi connectivity index (χ2n) is 4.69. The van der Waals surface area contributed by atoms with E-state index in [1.165, 1.54) is 0 Å². The summed E-state index contributed by atoms with van der Waals surface area (Å²) in [5, 5.41) is 9.18. The predicted octanol–water partition coefficient (Wildman–Crippen LogP) is 1.63. The van der Waals surface area contributed by atoms with Crippen LogP contribution in [0.3, 0.4) is 0 Å². The summed E-state index contributed by atoms with van der Waals surface area (Å²) < 4.78 is 5.54. The van der Waals surface area contributed by atoms with Crippen molar-refractivity contribution >= 4 is 17.7 Å². The number of hydrogen-bond acceptors (Lipinski definition) is 4. The van der Waals surface area contributed by atoms with E-state index in [4.69, 9.17) is 4.74 Å². The molecule has 1 heterocycles. The van der Waals surface area contributed by atoms with Crippen molar-refractivity contribution in [3.8, 4) is 0 Å². The SMILES string of the molecule is CSc1ccc(C(=O)N2CC(C)OC(CO)C2)cc1. The van der Waals surface area contributed by atoms with Crippen LogP contribution in [0.25, 0.3) is 0 Å². The van der Waals surface area contributed by atoms with Crippen molar-refractivity contribution in [2.75, 3.05) is 26.0 Å². The molecule has 0 bridgehead atoms. The molecule has 1 aliphatic rings. The highest BCUT2D eigenvalue weighted by Gasteiger charge is 2.28. The van der Waals surface area contributed by atoms with E-state index in [0.29, 0.717) is 18.7 Å². The molecular formula is C14H19NO3S. The molecule has 1 N–H and O–H groups in total. The Morgan fingerprint density at radius 2 is 2.11 bits per heavy atom. The van der Waals surface area contributed by atoms with Crippen LogP contribution in [0.15, 0.2) is 29.2 Å². The van der Waals surface area contributed by atoms with Gasteiger partial charge in [0.05, 0.1) is 18.8 Å². The highest BCUT2D eigenvalue weighted by molar-refractivity contribution is 7.98. The van der Waals surface area contributed by atoms with Crippen LogP contribution < -0.4 is 0 Å². The van der Waals surface area contributed by atoms with Crippen molar-refractivity contribution in [3.05, 3.63) is 29.8 Å². The Bertz CT molecular complexity index is 435. The molecule has 4 nitrogen and oxygen atoms in total. The maximum Gasteiger partial charge on any atom is 0.254 e. The lowest BCUT2D eigenvalue weighted by atomic mass is 10.1. The number of amides is 1. The quantitative estimate of drug-likeness (QED) is 0.856. The van der Waals surface area contributed by atoms with Gasteiger partial charge in [0.15, 0.2) is 0 Å². The topological polar surface area (TPSA) is 49.8 Å². The fraction of sp³-hybridized carbons (Fsp3) is 0.500. The summed E-state index contributed by atoms with van der Waals surface area (Å²) >= 11 is 1.65. The normalized spacial score (nSPS) is 23.4. The van der Waals surface area contributed by atoms with Gasteiger partial charge in [-0.15, -0.1) is 11.8 Å². The molecule has 1 aliphatic heterocycles. The fourth-order valence-electron chi connectivity index (χ4n) is 2.23. The highest BCUT2D eigenvalue weighted by Crippen LogP contribution is 2.18. The predicted molar refractivity (Wildman–Crippen MR) is 75.5 cm³/mol. The minimum atomic E-state index is -0.279. The van der Waals surface area contributed by atoms with Crippen LogP contribution in [-0.2, 0) is 4.74 Å². The number of aliphatic hydroxyl groups is 1. The van der Waals surface area contributed by atoms with Crippen molar-refractivity contribution in [3.63, 3.8) is 0 Å². The summed E-state index contributed by atoms with van der Waals surface area (Å²) in [6.07, 6.45) is 1.69. The first-order valence-corrected chi connectivity index (χ1v) is 7.56. The zero-order valence-electron chi connectivity index (χ0n) is 11.2. The van der Waals surface area contributed by atoms with Gasteiger partial charge >= 0.3 is 0 Å². The van der Waals surface area contributed by atoms with Crippen molar-refractivity contribution in [1.29, 1.82) is 0 Å². The minimum absolute atomic E-state index is 0.00116. The minimum Gasteiger partial charge on any atom is -0.394 e. The standard InChI is InChI=1S/C14H19NO3S/c1-10-7-15(8-12(9-16)18-10)14(17)11-3-5-13(19-2)6-4-11/h3-6,10,12,16H,7-9H2,1-2H3. The van der Waals surface area contributed by atoms with E-state index in [-0.39, 0.29) is 24.7 Å². The zero-order chi connectivity index (χ0) is 13.8. The zero-order valence-corrected chi connectivity index (χ0v) is 12.0. The average molecular weight is 281 g/mol. The van der Waals surface area contributed by atoms with E-state index in [1.807, 2.05) is 37.4 Å². The number of thioether (sulfide) groups is 1. The van der Waals surface area contributed by atoms with Crippen LogP contribution in [-0.4, -0.2) is 54.1 Å². The fourth-order valence-corrected chi connectivity index (χ4v) is 2.64. The Morgan fingerprint density at radius 1 is 1.42 bits per heavy atom. The van der Waals surface area contributed by atoms with Crippen LogP contribution in [0.2, 0.25) is 0 Å². The van der Waals surface area contributed by atoms with Crippen LogP contribution in [0, 0.1) is 0 Å². The van der Waals surface area contributed by atoms with Gasteiger partial charge in [-0.05, 0) is 37.4 Å². The monoisotopic (exact) mass is 281 g/mol. The van der Waals surface area contributed by atoms with Crippen LogP contribution in [0.4, 0.5) is 0 Å². The first-order valence-electron chi connectivity index (χ1n) is 6.33. The summed E-state index contributed by atoms with van der Waals surface area (Å²) in [6.45, 7) is 2.88. The largest absolute Gasteiger partial charge is 0.394 e. The molecule has 0 spiro atoms. The van der Waals surface area contributed by atoms with Crippen LogP contribution >= 0.6 is 11.8 Å². The summed E-state index contributed by atoms with van der Waals surface area (Å²) in [6, 6.07) is 7.60. The number of benzene rings is 1. The van der Waals surface area contributed by atoms with E-state index in [1.54, 1.807) is 16.7 Å². The summed E-state index contributed by atoms with van der Waals surface area (Å²) in [4.78, 5) is 15.3. The molecule has 104 valence electrons. The number of aliphatic hydroxyl groups excluding tert-OH is 1. The Labute approximate surface area is 117 Å². The summed E-state index contributed by atoms with van der Waals surface area (Å²) in [5.74, 6) is 0.00116. The molecule has 19 heavy (non-hydrogen) atoms. The van der Waals surface area contributed by atoms with Gasteiger partial charge in [0, 0.05) is 23.5 Å². The molecule has 5 heteroatoms. The number of rotatable bonds is 3. The van der Waals surface area contributed by atoms with Gasteiger partial charge in [0.1, 0.15) is 0 Å². The second kappa shape index (κ2) is 6.41. The van der Waals surface area contributed by atoms with Crippen LogP contribution in [0.5, 0.6) is 0 Å². The van der Waals surface area contributed by atoms with E-state index >= 15 is 0 Å². The molecular weight excluding hydrogens is 262 g/mol. The first kappa shape index (κ1) is 14.4. The van der Waals surface area contributed by atoms with Gasteiger partial charge < -0.3 is 14.7 Å². The Balaban J connectivity index is 2.09. The van der Waals surface area contributed by atoms with E-state index < -0.39 is 0 Å². The first-order chi connectivity index (χ1) is 9.13. The summed E-state index contributed by atoms with van der Waals surface area (Å²) in [7, 11) is 0. The molecule has 1 amide bonds. The van der Waals surface area contributed by atoms with Gasteiger partial charge in [-0.2, -0.15) is 0 Å². The number of morpholine rings is 1. The molecule has 2 unspecified atom stereocenters. The third kappa shape index (κ3) is 3.49.